The summed E-state index contributed by atoms with van der Waals surface area (Å²) in [6, 6.07) is 5.46. The van der Waals surface area contributed by atoms with E-state index in [2.05, 4.69) is 45.2 Å². The van der Waals surface area contributed by atoms with Crippen molar-refractivity contribution in [1.29, 1.82) is 0 Å². The number of allylic oxidation sites excluding steroid dienone is 2. The van der Waals surface area contributed by atoms with Crippen molar-refractivity contribution in [2.45, 2.75) is 69.8 Å². The average molecular weight is 531 g/mol. The molecule has 6 rings (SSSR count). The maximum atomic E-state index is 14.1. The highest BCUT2D eigenvalue weighted by Gasteiger charge is 2.66. The summed E-state index contributed by atoms with van der Waals surface area (Å²) >= 11 is 6.30. The van der Waals surface area contributed by atoms with Gasteiger partial charge >= 0.3 is 6.18 Å². The fourth-order valence-electron chi connectivity index (χ4n) is 5.82. The highest BCUT2D eigenvalue weighted by Crippen LogP contribution is 2.55. The molecule has 1 aliphatic carbocycles. The van der Waals surface area contributed by atoms with Crippen LogP contribution in [0, 0.1) is 5.92 Å². The number of aliphatic imine (C=N–C) groups is 1. The van der Waals surface area contributed by atoms with Gasteiger partial charge in [-0.1, -0.05) is 30.7 Å². The summed E-state index contributed by atoms with van der Waals surface area (Å²) in [7, 11) is 0. The monoisotopic (exact) mass is 530 g/mol. The molecule has 0 amide bonds. The number of benzene rings is 1. The molecule has 0 radical (unpaired) electrons. The zero-order chi connectivity index (χ0) is 25.8. The minimum atomic E-state index is -4.29. The molecular formula is C27H30ClF3N6. The highest BCUT2D eigenvalue weighted by atomic mass is 35.5. The molecule has 1 saturated carbocycles. The highest BCUT2D eigenvalue weighted by molar-refractivity contribution is 6.30. The Morgan fingerprint density at radius 1 is 1.08 bits per heavy atom. The standard InChI is InChI=1S/C27H30ClF3N6/c1-18-3-2-4-23(32-12-7-18)35-13-8-19(9-14-35)25-34-33-24-17-36(26(10-11-26)27(29,30)31)16-20-15-21(28)5-6-22(20)37(24)25/h2,4-7,12,15,18-19H,3,8-11,13-14,16-17H2,1H3/b4-2+,12-7-,32-23+. The minimum absolute atomic E-state index is 0.101. The first-order chi connectivity index (χ1) is 17.7. The van der Waals surface area contributed by atoms with E-state index in [1.54, 1.807) is 12.1 Å². The normalized spacial score (nSPS) is 27.2. The Balaban J connectivity index is 1.29. The molecule has 4 heterocycles. The van der Waals surface area contributed by atoms with Crippen LogP contribution in [0.2, 0.25) is 5.02 Å². The number of halogens is 4. The van der Waals surface area contributed by atoms with E-state index in [1.807, 2.05) is 16.8 Å². The Kier molecular flexibility index (Phi) is 6.18. The molecular weight excluding hydrogens is 501 g/mol. The lowest BCUT2D eigenvalue weighted by Crippen LogP contribution is -2.47. The molecule has 0 spiro atoms. The van der Waals surface area contributed by atoms with Crippen LogP contribution in [0.4, 0.5) is 13.2 Å². The van der Waals surface area contributed by atoms with Gasteiger partial charge in [0, 0.05) is 36.8 Å². The summed E-state index contributed by atoms with van der Waals surface area (Å²) in [5.74, 6) is 2.98. The molecule has 37 heavy (non-hydrogen) atoms. The first-order valence-corrected chi connectivity index (χ1v) is 13.3. The van der Waals surface area contributed by atoms with Crippen molar-refractivity contribution in [2.24, 2.45) is 10.9 Å². The van der Waals surface area contributed by atoms with E-state index in [0.717, 1.165) is 55.3 Å². The fraction of sp³-hybridized carbons (Fsp3) is 0.519. The van der Waals surface area contributed by atoms with Crippen LogP contribution in [-0.2, 0) is 13.1 Å². The second-order valence-corrected chi connectivity index (χ2v) is 11.1. The predicted molar refractivity (Wildman–Crippen MR) is 137 cm³/mol. The molecule has 1 saturated heterocycles. The van der Waals surface area contributed by atoms with E-state index >= 15 is 0 Å². The van der Waals surface area contributed by atoms with Gasteiger partial charge in [-0.05, 0) is 67.9 Å². The number of piperidine rings is 1. The van der Waals surface area contributed by atoms with Gasteiger partial charge in [0.05, 0.1) is 12.2 Å². The predicted octanol–water partition coefficient (Wildman–Crippen LogP) is 6.02. The molecule has 2 fully saturated rings. The summed E-state index contributed by atoms with van der Waals surface area (Å²) in [6.07, 6.45) is 6.96. The van der Waals surface area contributed by atoms with E-state index in [4.69, 9.17) is 11.6 Å². The molecule has 6 nitrogen and oxygen atoms in total. The zero-order valence-electron chi connectivity index (χ0n) is 20.8. The molecule has 3 aliphatic heterocycles. The number of hydrogen-bond acceptors (Lipinski definition) is 5. The Morgan fingerprint density at radius 3 is 2.59 bits per heavy atom. The third-order valence-electron chi connectivity index (χ3n) is 8.17. The second kappa shape index (κ2) is 9.27. The number of fused-ring (bicyclic) bond motifs is 3. The summed E-state index contributed by atoms with van der Waals surface area (Å²) < 4.78 is 44.2. The fourth-order valence-corrected chi connectivity index (χ4v) is 6.02. The third-order valence-corrected chi connectivity index (χ3v) is 8.40. The molecule has 1 aromatic carbocycles. The van der Waals surface area contributed by atoms with Gasteiger partial charge in [-0.15, -0.1) is 10.2 Å². The van der Waals surface area contributed by atoms with Crippen LogP contribution in [0.5, 0.6) is 0 Å². The lowest BCUT2D eigenvalue weighted by Gasteiger charge is -2.33. The smallest absolute Gasteiger partial charge is 0.357 e. The molecule has 1 atom stereocenters. The largest absolute Gasteiger partial charge is 0.406 e. The molecule has 1 aromatic heterocycles. The van der Waals surface area contributed by atoms with Gasteiger partial charge in [0.1, 0.15) is 17.2 Å². The quantitative estimate of drug-likeness (QED) is 0.476. The average Bonchev–Trinajstić information content (AvgIpc) is 3.60. The van der Waals surface area contributed by atoms with Crippen LogP contribution in [-0.4, -0.2) is 55.2 Å². The van der Waals surface area contributed by atoms with E-state index in [-0.39, 0.29) is 31.8 Å². The lowest BCUT2D eigenvalue weighted by atomic mass is 9.95. The van der Waals surface area contributed by atoms with Gasteiger partial charge in [0.15, 0.2) is 5.82 Å². The maximum Gasteiger partial charge on any atom is 0.406 e. The van der Waals surface area contributed by atoms with E-state index in [0.29, 0.717) is 16.8 Å². The Morgan fingerprint density at radius 2 is 1.86 bits per heavy atom. The van der Waals surface area contributed by atoms with Gasteiger partial charge in [0.25, 0.3) is 0 Å². The summed E-state index contributed by atoms with van der Waals surface area (Å²) in [6.45, 7) is 4.11. The van der Waals surface area contributed by atoms with Crippen molar-refractivity contribution >= 4 is 17.4 Å². The number of hydrogen-bond donors (Lipinski definition) is 0. The van der Waals surface area contributed by atoms with Gasteiger partial charge in [0.2, 0.25) is 0 Å². The third kappa shape index (κ3) is 4.50. The zero-order valence-corrected chi connectivity index (χ0v) is 21.5. The summed E-state index contributed by atoms with van der Waals surface area (Å²) in [5, 5.41) is 9.51. The van der Waals surface area contributed by atoms with Crippen molar-refractivity contribution in [2.75, 3.05) is 13.1 Å². The Labute approximate surface area is 219 Å². The molecule has 0 N–H and O–H groups in total. The second-order valence-electron chi connectivity index (χ2n) is 10.7. The maximum absolute atomic E-state index is 14.1. The minimum Gasteiger partial charge on any atom is -0.357 e. The van der Waals surface area contributed by atoms with Crippen LogP contribution in [0.1, 0.15) is 62.2 Å². The molecule has 196 valence electrons. The molecule has 10 heteroatoms. The van der Waals surface area contributed by atoms with Crippen LogP contribution in [0.15, 0.2) is 47.6 Å². The van der Waals surface area contributed by atoms with E-state index in [1.165, 1.54) is 4.90 Å². The number of likely N-dealkylation sites (tertiary alicyclic amines) is 1. The molecule has 2 aromatic rings. The van der Waals surface area contributed by atoms with Crippen LogP contribution in [0.3, 0.4) is 0 Å². The van der Waals surface area contributed by atoms with E-state index < -0.39 is 11.7 Å². The van der Waals surface area contributed by atoms with Gasteiger partial charge in [-0.25, -0.2) is 4.99 Å². The molecule has 0 bridgehead atoms. The Hall–Kier alpha value is -2.65. The topological polar surface area (TPSA) is 49.6 Å². The van der Waals surface area contributed by atoms with Crippen molar-refractivity contribution in [3.05, 3.63) is 64.9 Å². The Bertz CT molecular complexity index is 1270. The van der Waals surface area contributed by atoms with Crippen LogP contribution in [0.25, 0.3) is 5.69 Å². The molecule has 1 unspecified atom stereocenters. The SMILES string of the molecule is CC1\C=C/N=C(N2CCC(c3nnc4n3-c3ccc(Cl)cc3CN(C3(C(F)(F)F)CC3)C4)CC2)\C=C\C1. The van der Waals surface area contributed by atoms with Gasteiger partial charge in [-0.3, -0.25) is 9.47 Å². The van der Waals surface area contributed by atoms with E-state index in [9.17, 15) is 13.2 Å². The molecule has 4 aliphatic rings. The number of alkyl halides is 3. The van der Waals surface area contributed by atoms with Crippen molar-refractivity contribution in [3.63, 3.8) is 0 Å². The van der Waals surface area contributed by atoms with Crippen molar-refractivity contribution in [3.8, 4) is 5.69 Å². The number of rotatable bonds is 2. The summed E-state index contributed by atoms with van der Waals surface area (Å²) in [4.78, 5) is 8.47. The first-order valence-electron chi connectivity index (χ1n) is 13.0. The number of nitrogens with zero attached hydrogens (tertiary/aromatic N) is 6. The summed E-state index contributed by atoms with van der Waals surface area (Å²) in [5.41, 5.74) is -0.193. The first kappa shape index (κ1) is 24.7. The number of amidine groups is 1. The van der Waals surface area contributed by atoms with Crippen molar-refractivity contribution in [1.82, 2.24) is 24.6 Å². The van der Waals surface area contributed by atoms with Crippen LogP contribution < -0.4 is 0 Å². The number of aromatic nitrogens is 3. The lowest BCUT2D eigenvalue weighted by molar-refractivity contribution is -0.200. The van der Waals surface area contributed by atoms with Gasteiger partial charge in [-0.2, -0.15) is 13.2 Å². The van der Waals surface area contributed by atoms with Crippen molar-refractivity contribution < 1.29 is 13.2 Å². The van der Waals surface area contributed by atoms with Gasteiger partial charge < -0.3 is 4.90 Å². The van der Waals surface area contributed by atoms with Crippen LogP contribution >= 0.6 is 11.6 Å².